The highest BCUT2D eigenvalue weighted by molar-refractivity contribution is 6.28. The molecule has 0 aliphatic carbocycles. The minimum absolute atomic E-state index is 0.597. The van der Waals surface area contributed by atoms with Gasteiger partial charge in [-0.2, -0.15) is 22.0 Å². The molecule has 0 bridgehead atoms. The van der Waals surface area contributed by atoms with Gasteiger partial charge in [0.2, 0.25) is 0 Å². The first kappa shape index (κ1) is 17.1. The van der Waals surface area contributed by atoms with Crippen molar-refractivity contribution in [1.82, 2.24) is 5.32 Å². The predicted molar refractivity (Wildman–Crippen MR) is 53.5 cm³/mol. The van der Waals surface area contributed by atoms with E-state index in [1.807, 2.05) is 0 Å². The fraction of sp³-hybridized carbons (Fsp3) is 0.778. The maximum Gasteiger partial charge on any atom is 0.463 e. The summed E-state index contributed by atoms with van der Waals surface area (Å²) in [4.78, 5) is 22.1. The monoisotopic (exact) mass is 295 g/mol. The summed E-state index contributed by atoms with van der Waals surface area (Å²) in [7, 11) is 0. The normalized spacial score (nSPS) is 14.5. The maximum atomic E-state index is 12.6. The van der Waals surface area contributed by atoms with Crippen LogP contribution >= 0.6 is 11.6 Å². The third-order valence-corrected chi connectivity index (χ3v) is 2.34. The quantitative estimate of drug-likeness (QED) is 0.624. The van der Waals surface area contributed by atoms with Gasteiger partial charge in [-0.05, 0) is 5.92 Å². The lowest BCUT2D eigenvalue weighted by Gasteiger charge is -2.24. The van der Waals surface area contributed by atoms with E-state index >= 15 is 0 Å². The highest BCUT2D eigenvalue weighted by Gasteiger charge is 2.63. The Labute approximate surface area is 105 Å². The average molecular weight is 296 g/mol. The topological polar surface area (TPSA) is 46.2 Å². The fourth-order valence-electron chi connectivity index (χ4n) is 1.06. The molecule has 1 atom stereocenters. The molecule has 9 heteroatoms. The number of hydrogen-bond donors (Lipinski definition) is 1. The highest BCUT2D eigenvalue weighted by atomic mass is 35.5. The van der Waals surface area contributed by atoms with Crippen molar-refractivity contribution in [2.45, 2.75) is 32.0 Å². The van der Waals surface area contributed by atoms with Gasteiger partial charge in [0.1, 0.15) is 0 Å². The van der Waals surface area contributed by atoms with E-state index in [4.69, 9.17) is 11.6 Å². The highest BCUT2D eigenvalue weighted by Crippen LogP contribution is 2.35. The van der Waals surface area contributed by atoms with E-state index < -0.39 is 41.6 Å². The summed E-state index contributed by atoms with van der Waals surface area (Å²) in [6.07, 6.45) is -6.01. The molecule has 0 aliphatic heterocycles. The van der Waals surface area contributed by atoms with Crippen LogP contribution < -0.4 is 5.32 Å². The van der Waals surface area contributed by atoms with Crippen molar-refractivity contribution >= 4 is 23.3 Å². The van der Waals surface area contributed by atoms with Crippen LogP contribution in [0.4, 0.5) is 22.0 Å². The van der Waals surface area contributed by atoms with Gasteiger partial charge in [-0.1, -0.05) is 13.8 Å². The predicted octanol–water partition coefficient (Wildman–Crippen LogP) is 2.13. The van der Waals surface area contributed by atoms with E-state index in [9.17, 15) is 31.5 Å². The van der Waals surface area contributed by atoms with Crippen LogP contribution in [0.15, 0.2) is 0 Å². The van der Waals surface area contributed by atoms with Gasteiger partial charge in [0.05, 0.1) is 11.9 Å². The number of alkyl halides is 6. The number of carbonyl (C=O) groups excluding carboxylic acids is 2. The number of Topliss-reactive ketones (excluding diaryl/α,β-unsaturated/α-hetero) is 1. The van der Waals surface area contributed by atoms with Crippen LogP contribution in [-0.2, 0) is 9.59 Å². The van der Waals surface area contributed by atoms with Crippen molar-refractivity contribution in [3.05, 3.63) is 0 Å². The Morgan fingerprint density at radius 2 is 1.61 bits per heavy atom. The Bertz CT molecular complexity index is 329. The summed E-state index contributed by atoms with van der Waals surface area (Å²) < 4.78 is 61.0. The summed E-state index contributed by atoms with van der Waals surface area (Å²) >= 11 is 5.17. The van der Waals surface area contributed by atoms with Crippen LogP contribution in [0.5, 0.6) is 0 Å². The second-order valence-corrected chi connectivity index (χ2v) is 4.13. The lowest BCUT2D eigenvalue weighted by molar-refractivity contribution is -0.270. The summed E-state index contributed by atoms with van der Waals surface area (Å²) in [5, 5.41) is 1.37. The van der Waals surface area contributed by atoms with Crippen LogP contribution in [0.3, 0.4) is 0 Å². The van der Waals surface area contributed by atoms with E-state index in [2.05, 4.69) is 0 Å². The third kappa shape index (κ3) is 3.79. The number of ketones is 1. The van der Waals surface area contributed by atoms with Crippen molar-refractivity contribution in [1.29, 1.82) is 0 Å². The summed E-state index contributed by atoms with van der Waals surface area (Å²) in [5.41, 5.74) is 0. The van der Waals surface area contributed by atoms with Crippen molar-refractivity contribution < 1.29 is 31.5 Å². The molecule has 106 valence electrons. The van der Waals surface area contributed by atoms with Gasteiger partial charge in [0.15, 0.2) is 5.78 Å². The molecule has 1 N–H and O–H groups in total. The van der Waals surface area contributed by atoms with Crippen LogP contribution in [0.2, 0.25) is 0 Å². The van der Waals surface area contributed by atoms with E-state index in [1.165, 1.54) is 19.2 Å². The van der Waals surface area contributed by atoms with Gasteiger partial charge < -0.3 is 5.32 Å². The zero-order chi connectivity index (χ0) is 14.7. The minimum Gasteiger partial charge on any atom is -0.340 e. The molecule has 0 aromatic rings. The summed E-state index contributed by atoms with van der Waals surface area (Å²) in [6, 6.07) is -1.48. The van der Waals surface area contributed by atoms with Crippen LogP contribution in [-0.4, -0.2) is 35.7 Å². The lowest BCUT2D eigenvalue weighted by atomic mass is 10.0. The first-order valence-electron chi connectivity index (χ1n) is 4.79. The third-order valence-electron chi connectivity index (χ3n) is 2.07. The molecule has 1 amide bonds. The average Bonchev–Trinajstić information content (AvgIpc) is 2.22. The molecule has 0 rings (SSSR count). The van der Waals surface area contributed by atoms with E-state index in [0.29, 0.717) is 0 Å². The van der Waals surface area contributed by atoms with Gasteiger partial charge in [-0.15, -0.1) is 11.6 Å². The standard InChI is InChI=1S/C9H11ClF5NO2/c1-4(2)6(5(17)3-10)16-7(18)8(11,12)9(13,14)15/h4,6H,3H2,1-2H3,(H,16,18). The van der Waals surface area contributed by atoms with Crippen LogP contribution in [0.25, 0.3) is 0 Å². The molecule has 18 heavy (non-hydrogen) atoms. The Balaban J connectivity index is 4.98. The molecule has 0 aromatic carbocycles. The molecule has 1 unspecified atom stereocenters. The molecular weight excluding hydrogens is 285 g/mol. The van der Waals surface area contributed by atoms with Gasteiger partial charge in [0.25, 0.3) is 0 Å². The molecule has 0 fully saturated rings. The molecule has 0 saturated heterocycles. The number of rotatable bonds is 5. The number of carbonyl (C=O) groups is 2. The molecule has 0 spiro atoms. The van der Waals surface area contributed by atoms with E-state index in [0.717, 1.165) is 0 Å². The van der Waals surface area contributed by atoms with Crippen molar-refractivity contribution in [2.24, 2.45) is 5.92 Å². The molecular formula is C9H11ClF5NO2. The largest absolute Gasteiger partial charge is 0.463 e. The minimum atomic E-state index is -6.01. The molecule has 0 aliphatic rings. The summed E-state index contributed by atoms with van der Waals surface area (Å²) in [6.45, 7) is 2.75. The molecule has 3 nitrogen and oxygen atoms in total. The fourth-order valence-corrected chi connectivity index (χ4v) is 1.23. The number of hydrogen-bond acceptors (Lipinski definition) is 2. The van der Waals surface area contributed by atoms with Crippen LogP contribution in [0, 0.1) is 5.92 Å². The van der Waals surface area contributed by atoms with Crippen molar-refractivity contribution in [2.75, 3.05) is 5.88 Å². The van der Waals surface area contributed by atoms with Gasteiger partial charge in [0, 0.05) is 0 Å². The Morgan fingerprint density at radius 3 is 1.89 bits per heavy atom. The second kappa shape index (κ2) is 5.81. The Hall–Kier alpha value is -0.920. The SMILES string of the molecule is CC(C)C(NC(=O)C(F)(F)C(F)(F)F)C(=O)CCl. The second-order valence-electron chi connectivity index (χ2n) is 3.87. The Kier molecular flexibility index (Phi) is 5.52. The number of nitrogens with one attached hydrogen (secondary N) is 1. The molecule has 0 radical (unpaired) electrons. The molecule has 0 heterocycles. The van der Waals surface area contributed by atoms with Crippen molar-refractivity contribution in [3.8, 4) is 0 Å². The first-order valence-corrected chi connectivity index (χ1v) is 5.32. The van der Waals surface area contributed by atoms with Gasteiger partial charge in [-0.3, -0.25) is 9.59 Å². The van der Waals surface area contributed by atoms with Crippen LogP contribution in [0.1, 0.15) is 13.8 Å². The number of halogens is 6. The molecule has 0 aromatic heterocycles. The summed E-state index contributed by atoms with van der Waals surface area (Å²) in [5.74, 6) is -10.2. The van der Waals surface area contributed by atoms with E-state index in [1.54, 1.807) is 0 Å². The zero-order valence-corrected chi connectivity index (χ0v) is 10.2. The van der Waals surface area contributed by atoms with Crippen molar-refractivity contribution in [3.63, 3.8) is 0 Å². The van der Waals surface area contributed by atoms with E-state index in [-0.39, 0.29) is 0 Å². The maximum absolute atomic E-state index is 12.6. The van der Waals surface area contributed by atoms with Gasteiger partial charge >= 0.3 is 18.0 Å². The zero-order valence-electron chi connectivity index (χ0n) is 9.45. The smallest absolute Gasteiger partial charge is 0.340 e. The Morgan fingerprint density at radius 1 is 1.17 bits per heavy atom. The van der Waals surface area contributed by atoms with Gasteiger partial charge in [-0.25, -0.2) is 0 Å². The molecule has 0 saturated carbocycles. The lowest BCUT2D eigenvalue weighted by Crippen LogP contribution is -2.56. The number of amides is 1. The first-order chi connectivity index (χ1) is 7.95.